The van der Waals surface area contributed by atoms with Crippen molar-refractivity contribution in [3.05, 3.63) is 59.7 Å². The van der Waals surface area contributed by atoms with Gasteiger partial charge in [0, 0.05) is 42.7 Å². The molecular formula is C29H35F2N3O3. The minimum atomic E-state index is -2.92. The maximum absolute atomic E-state index is 14.3. The molecule has 37 heavy (non-hydrogen) atoms. The molecule has 0 aromatic heterocycles. The third kappa shape index (κ3) is 6.05. The van der Waals surface area contributed by atoms with Gasteiger partial charge in [0.1, 0.15) is 5.75 Å². The summed E-state index contributed by atoms with van der Waals surface area (Å²) in [6.45, 7) is 0.428. The molecule has 198 valence electrons. The molecule has 3 aliphatic rings. The van der Waals surface area contributed by atoms with Crippen LogP contribution in [-0.4, -0.2) is 43.5 Å². The van der Waals surface area contributed by atoms with Crippen molar-refractivity contribution in [2.45, 2.75) is 63.0 Å². The highest BCUT2D eigenvalue weighted by Crippen LogP contribution is 2.43. The Bertz CT molecular complexity index is 1120. The van der Waals surface area contributed by atoms with E-state index in [0.29, 0.717) is 35.7 Å². The number of methoxy groups -OCH3 is 1. The number of fused-ring (bicyclic) bond motifs is 1. The fourth-order valence-electron chi connectivity index (χ4n) is 5.87. The summed E-state index contributed by atoms with van der Waals surface area (Å²) in [5.74, 6) is -3.04. The average molecular weight is 512 g/mol. The summed E-state index contributed by atoms with van der Waals surface area (Å²) >= 11 is 0. The molecule has 2 amide bonds. The number of halogens is 2. The largest absolute Gasteiger partial charge is 0.497 e. The summed E-state index contributed by atoms with van der Waals surface area (Å²) in [7, 11) is 1.54. The molecule has 2 aromatic rings. The minimum Gasteiger partial charge on any atom is -0.497 e. The number of nitrogens with one attached hydrogen (secondary N) is 3. The van der Waals surface area contributed by atoms with Crippen molar-refractivity contribution in [3.63, 3.8) is 0 Å². The van der Waals surface area contributed by atoms with E-state index in [2.05, 4.69) is 28.1 Å². The Morgan fingerprint density at radius 2 is 1.84 bits per heavy atom. The van der Waals surface area contributed by atoms with Crippen molar-refractivity contribution >= 4 is 17.5 Å². The highest BCUT2D eigenvalue weighted by Gasteiger charge is 2.45. The van der Waals surface area contributed by atoms with Crippen LogP contribution in [0, 0.1) is 17.8 Å². The van der Waals surface area contributed by atoms with Gasteiger partial charge in [-0.2, -0.15) is 0 Å². The van der Waals surface area contributed by atoms with E-state index in [1.807, 2.05) is 12.1 Å². The molecular weight excluding hydrogens is 476 g/mol. The van der Waals surface area contributed by atoms with Crippen molar-refractivity contribution < 1.29 is 23.1 Å². The topological polar surface area (TPSA) is 79.5 Å². The monoisotopic (exact) mass is 511 g/mol. The Balaban J connectivity index is 1.20. The van der Waals surface area contributed by atoms with Crippen LogP contribution in [0.2, 0.25) is 0 Å². The molecule has 2 fully saturated rings. The van der Waals surface area contributed by atoms with Crippen molar-refractivity contribution in [2.24, 2.45) is 17.8 Å². The lowest BCUT2D eigenvalue weighted by molar-refractivity contribution is -0.134. The van der Waals surface area contributed by atoms with E-state index in [0.717, 1.165) is 12.8 Å². The van der Waals surface area contributed by atoms with Crippen molar-refractivity contribution in [3.8, 4) is 5.75 Å². The zero-order valence-corrected chi connectivity index (χ0v) is 21.1. The highest BCUT2D eigenvalue weighted by atomic mass is 19.3. The number of alkyl halides is 2. The van der Waals surface area contributed by atoms with Gasteiger partial charge in [-0.3, -0.25) is 9.59 Å². The molecule has 4 atom stereocenters. The molecule has 0 unspecified atom stereocenters. The standard InChI is InChI=1S/C29H35F2N3O3/c1-37-22-10-8-19(9-11-22)27(35)34-25-12-14-29(30,31)17-23(25)28(36)32-15-13-21-16-20-4-2-3-5-24(20)33-26(21)18-6-7-18/h2-5,8-11,18,21,23,25-26,33H,6-7,12-17H2,1H3,(H,32,36)(H,34,35)/t21-,23-,25+,26-/m0/s1. The molecule has 6 nitrogen and oxygen atoms in total. The van der Waals surface area contributed by atoms with Gasteiger partial charge in [-0.25, -0.2) is 8.78 Å². The van der Waals surface area contributed by atoms with Gasteiger partial charge in [0.05, 0.1) is 13.0 Å². The van der Waals surface area contributed by atoms with Gasteiger partial charge in [0.15, 0.2) is 0 Å². The van der Waals surface area contributed by atoms with Crippen LogP contribution in [0.5, 0.6) is 5.75 Å². The molecule has 0 spiro atoms. The maximum atomic E-state index is 14.3. The molecule has 0 bridgehead atoms. The van der Waals surface area contributed by atoms with Gasteiger partial charge in [-0.05, 0) is 79.8 Å². The fourth-order valence-corrected chi connectivity index (χ4v) is 5.87. The lowest BCUT2D eigenvalue weighted by atomic mass is 9.81. The van der Waals surface area contributed by atoms with Crippen LogP contribution >= 0.6 is 0 Å². The number of benzene rings is 2. The third-order valence-electron chi connectivity index (χ3n) is 8.10. The summed E-state index contributed by atoms with van der Waals surface area (Å²) < 4.78 is 33.8. The van der Waals surface area contributed by atoms with Gasteiger partial charge < -0.3 is 20.7 Å². The Morgan fingerprint density at radius 1 is 1.08 bits per heavy atom. The van der Waals surface area contributed by atoms with Crippen molar-refractivity contribution in [1.29, 1.82) is 0 Å². The SMILES string of the molecule is COc1ccc(C(=O)N[C@@H]2CCC(F)(F)C[C@@H]2C(=O)NCC[C@H]2Cc3ccccc3N[C@H]2C2CC2)cc1. The molecule has 2 aromatic carbocycles. The number of amides is 2. The maximum Gasteiger partial charge on any atom is 0.251 e. The molecule has 1 heterocycles. The van der Waals surface area contributed by atoms with E-state index in [4.69, 9.17) is 4.74 Å². The van der Waals surface area contributed by atoms with Gasteiger partial charge in [-0.15, -0.1) is 0 Å². The Labute approximate surface area is 216 Å². The summed E-state index contributed by atoms with van der Waals surface area (Å²) in [5.41, 5.74) is 2.87. The summed E-state index contributed by atoms with van der Waals surface area (Å²) in [6, 6.07) is 14.6. The summed E-state index contributed by atoms with van der Waals surface area (Å²) in [6.07, 6.45) is 3.31. The van der Waals surface area contributed by atoms with Crippen LogP contribution in [0.15, 0.2) is 48.5 Å². The van der Waals surface area contributed by atoms with E-state index in [9.17, 15) is 18.4 Å². The second-order valence-electron chi connectivity index (χ2n) is 10.7. The first-order valence-electron chi connectivity index (χ1n) is 13.3. The summed E-state index contributed by atoms with van der Waals surface area (Å²) in [4.78, 5) is 25.9. The van der Waals surface area contributed by atoms with Gasteiger partial charge in [0.25, 0.3) is 5.91 Å². The number of anilines is 1. The normalized spacial score (nSPS) is 26.4. The van der Waals surface area contributed by atoms with E-state index >= 15 is 0 Å². The molecule has 1 aliphatic heterocycles. The second-order valence-corrected chi connectivity index (χ2v) is 10.7. The lowest BCUT2D eigenvalue weighted by Crippen LogP contribution is -2.52. The predicted molar refractivity (Wildman–Crippen MR) is 138 cm³/mol. The predicted octanol–water partition coefficient (Wildman–Crippen LogP) is 4.80. The van der Waals surface area contributed by atoms with Crippen LogP contribution in [0.3, 0.4) is 0 Å². The molecule has 5 rings (SSSR count). The number of rotatable bonds is 8. The fraction of sp³-hybridized carbons (Fsp3) is 0.517. The lowest BCUT2D eigenvalue weighted by Gasteiger charge is -2.36. The smallest absolute Gasteiger partial charge is 0.251 e. The van der Waals surface area contributed by atoms with Crippen LogP contribution < -0.4 is 20.7 Å². The van der Waals surface area contributed by atoms with Crippen molar-refractivity contribution in [1.82, 2.24) is 10.6 Å². The van der Waals surface area contributed by atoms with E-state index < -0.39 is 30.2 Å². The first-order valence-corrected chi connectivity index (χ1v) is 13.3. The molecule has 0 radical (unpaired) electrons. The van der Waals surface area contributed by atoms with Crippen LogP contribution in [0.25, 0.3) is 0 Å². The van der Waals surface area contributed by atoms with Crippen LogP contribution in [0.1, 0.15) is 54.4 Å². The van der Waals surface area contributed by atoms with E-state index in [1.165, 1.54) is 31.2 Å². The zero-order valence-electron chi connectivity index (χ0n) is 21.1. The van der Waals surface area contributed by atoms with Crippen LogP contribution in [-0.2, 0) is 11.2 Å². The van der Waals surface area contributed by atoms with Gasteiger partial charge in [-0.1, -0.05) is 18.2 Å². The number of hydrogen-bond donors (Lipinski definition) is 3. The van der Waals surface area contributed by atoms with Crippen molar-refractivity contribution in [2.75, 3.05) is 19.0 Å². The molecule has 2 saturated carbocycles. The molecule has 8 heteroatoms. The number of carbonyl (C=O) groups is 2. The second kappa shape index (κ2) is 10.7. The number of ether oxygens (including phenoxy) is 1. The van der Waals surface area contributed by atoms with E-state index in [-0.39, 0.29) is 18.7 Å². The number of carbonyl (C=O) groups excluding carboxylic acids is 2. The highest BCUT2D eigenvalue weighted by molar-refractivity contribution is 5.95. The Hall–Kier alpha value is -3.16. The van der Waals surface area contributed by atoms with E-state index in [1.54, 1.807) is 24.3 Å². The zero-order chi connectivity index (χ0) is 26.0. The Morgan fingerprint density at radius 3 is 2.57 bits per heavy atom. The average Bonchev–Trinajstić information content (AvgIpc) is 3.74. The number of para-hydroxylation sites is 1. The molecule has 3 N–H and O–H groups in total. The third-order valence-corrected chi connectivity index (χ3v) is 8.10. The number of hydrogen-bond acceptors (Lipinski definition) is 4. The van der Waals surface area contributed by atoms with Gasteiger partial charge in [0.2, 0.25) is 11.8 Å². The first kappa shape index (κ1) is 25.5. The minimum absolute atomic E-state index is 0.0556. The molecule has 2 aliphatic carbocycles. The van der Waals surface area contributed by atoms with Gasteiger partial charge >= 0.3 is 0 Å². The quantitative estimate of drug-likeness (QED) is 0.476. The van der Waals surface area contributed by atoms with Crippen LogP contribution in [0.4, 0.5) is 14.5 Å². The Kier molecular flexibility index (Phi) is 7.36. The first-order chi connectivity index (χ1) is 17.8. The molecule has 0 saturated heterocycles. The summed E-state index contributed by atoms with van der Waals surface area (Å²) in [5, 5.41) is 9.48.